The van der Waals surface area contributed by atoms with Crippen LogP contribution in [0.3, 0.4) is 0 Å². The van der Waals surface area contributed by atoms with Gasteiger partial charge in [0.25, 0.3) is 0 Å². The van der Waals surface area contributed by atoms with Gasteiger partial charge in [0.15, 0.2) is 0 Å². The first-order chi connectivity index (χ1) is 34.7. The van der Waals surface area contributed by atoms with Gasteiger partial charge in [-0.3, -0.25) is 0 Å². The first kappa shape index (κ1) is 41.0. The Balaban J connectivity index is 0.000000212. The van der Waals surface area contributed by atoms with Gasteiger partial charge in [-0.05, 0) is 128 Å². The Morgan fingerprint density at radius 2 is 0.800 bits per heavy atom. The van der Waals surface area contributed by atoms with Gasteiger partial charge in [0.05, 0.1) is 5.41 Å². The average Bonchev–Trinajstić information content (AvgIpc) is 4.07. The van der Waals surface area contributed by atoms with Gasteiger partial charge < -0.3 is 14.6 Å². The molecular formula is C67H46N2O. The zero-order valence-electron chi connectivity index (χ0n) is 38.3. The van der Waals surface area contributed by atoms with Crippen molar-refractivity contribution in [3.8, 4) is 44.5 Å². The molecule has 1 N–H and O–H groups in total. The van der Waals surface area contributed by atoms with Gasteiger partial charge in [0.1, 0.15) is 11.2 Å². The van der Waals surface area contributed by atoms with Crippen LogP contribution in [0.25, 0.3) is 66.4 Å². The van der Waals surface area contributed by atoms with Gasteiger partial charge in [-0.15, -0.1) is 0 Å². The molecule has 330 valence electrons. The smallest absolute Gasteiger partial charge is 0.143 e. The summed E-state index contributed by atoms with van der Waals surface area (Å²) in [5.74, 6) is 0. The third-order valence-electron chi connectivity index (χ3n) is 14.1. The van der Waals surface area contributed by atoms with Crippen LogP contribution in [0.2, 0.25) is 0 Å². The summed E-state index contributed by atoms with van der Waals surface area (Å²) in [5, 5.41) is 5.69. The van der Waals surface area contributed by atoms with E-state index in [2.05, 4.69) is 259 Å². The second-order valence-electron chi connectivity index (χ2n) is 18.1. The van der Waals surface area contributed by atoms with Gasteiger partial charge in [0.2, 0.25) is 0 Å². The summed E-state index contributed by atoms with van der Waals surface area (Å²) in [7, 11) is 0. The van der Waals surface area contributed by atoms with Crippen LogP contribution < -0.4 is 10.2 Å². The van der Waals surface area contributed by atoms with E-state index in [1.165, 1.54) is 66.8 Å². The van der Waals surface area contributed by atoms with Gasteiger partial charge in [-0.1, -0.05) is 206 Å². The number of fused-ring (bicyclic) bond motifs is 14. The van der Waals surface area contributed by atoms with Crippen molar-refractivity contribution in [1.82, 2.24) is 0 Å². The second kappa shape index (κ2) is 17.2. The average molecular weight is 895 g/mol. The van der Waals surface area contributed by atoms with Crippen molar-refractivity contribution in [2.75, 3.05) is 10.2 Å². The molecular weight excluding hydrogens is 849 g/mol. The molecule has 1 unspecified atom stereocenters. The minimum Gasteiger partial charge on any atom is -0.455 e. The fourth-order valence-corrected chi connectivity index (χ4v) is 11.1. The number of anilines is 5. The fourth-order valence-electron chi connectivity index (χ4n) is 11.1. The van der Waals surface area contributed by atoms with Crippen molar-refractivity contribution in [2.45, 2.75) is 5.41 Å². The summed E-state index contributed by atoms with van der Waals surface area (Å²) in [5.41, 5.74) is 22.0. The first-order valence-electron chi connectivity index (χ1n) is 24.0. The van der Waals surface area contributed by atoms with Crippen molar-refractivity contribution in [3.05, 3.63) is 295 Å². The molecule has 70 heavy (non-hydrogen) atoms. The molecule has 0 aliphatic heterocycles. The molecule has 0 amide bonds. The Morgan fingerprint density at radius 1 is 0.314 bits per heavy atom. The zero-order valence-corrected chi connectivity index (χ0v) is 38.3. The van der Waals surface area contributed by atoms with Crippen molar-refractivity contribution in [1.29, 1.82) is 0 Å². The lowest BCUT2D eigenvalue weighted by Gasteiger charge is -2.32. The minimum absolute atomic E-state index is 0.499. The molecule has 0 bridgehead atoms. The first-order valence-corrected chi connectivity index (χ1v) is 24.0. The fraction of sp³-hybridized carbons (Fsp3) is 0.0149. The molecule has 0 saturated heterocycles. The Hall–Kier alpha value is -9.18. The molecule has 1 aromatic heterocycles. The Morgan fingerprint density at radius 3 is 1.49 bits per heavy atom. The highest BCUT2D eigenvalue weighted by molar-refractivity contribution is 6.13. The topological polar surface area (TPSA) is 28.4 Å². The quantitative estimate of drug-likeness (QED) is 0.173. The van der Waals surface area contributed by atoms with E-state index in [1.54, 1.807) is 0 Å². The van der Waals surface area contributed by atoms with E-state index in [4.69, 9.17) is 4.42 Å². The van der Waals surface area contributed by atoms with Crippen molar-refractivity contribution < 1.29 is 4.42 Å². The largest absolute Gasteiger partial charge is 0.455 e. The minimum atomic E-state index is -0.499. The Bertz CT molecular complexity index is 3830. The van der Waals surface area contributed by atoms with E-state index in [1.807, 2.05) is 24.3 Å². The Kier molecular flexibility index (Phi) is 10.1. The van der Waals surface area contributed by atoms with Crippen LogP contribution in [-0.4, -0.2) is 0 Å². The monoisotopic (exact) mass is 894 g/mol. The summed E-state index contributed by atoms with van der Waals surface area (Å²) in [6.45, 7) is 0. The maximum atomic E-state index is 6.74. The molecule has 11 aromatic carbocycles. The summed E-state index contributed by atoms with van der Waals surface area (Å²) in [6, 6.07) is 97.4. The molecule has 1 atom stereocenters. The third kappa shape index (κ3) is 6.82. The van der Waals surface area contributed by atoms with E-state index >= 15 is 0 Å². The standard InChI is InChI=1S/C49H31NO.C18H15N/c1-3-13-32(14-4-1)33-23-25-35(26-24-33)50(34-15-5-2-6-16-34)36-27-28-38-37-17-7-10-20-42(37)49(45(38)31-36)43-21-11-8-19-41(43)47-44(49)30-29-40-39-18-9-12-22-46(39)51-48(40)47;1-3-7-15(8-4-1)16-11-13-18(14-12-16)19-17-9-5-2-6-10-17/h1-31H;1-14,19H. The van der Waals surface area contributed by atoms with Gasteiger partial charge in [-0.2, -0.15) is 0 Å². The van der Waals surface area contributed by atoms with Gasteiger partial charge >= 0.3 is 0 Å². The molecule has 0 saturated carbocycles. The molecule has 12 aromatic rings. The van der Waals surface area contributed by atoms with Crippen molar-refractivity contribution >= 4 is 50.4 Å². The number of hydrogen-bond acceptors (Lipinski definition) is 3. The normalized spacial score (nSPS) is 13.8. The molecule has 2 aliphatic rings. The molecule has 0 fully saturated rings. The van der Waals surface area contributed by atoms with E-state index in [0.717, 1.165) is 50.4 Å². The highest BCUT2D eigenvalue weighted by atomic mass is 16.3. The van der Waals surface area contributed by atoms with E-state index in [-0.39, 0.29) is 0 Å². The van der Waals surface area contributed by atoms with Crippen LogP contribution in [0.15, 0.2) is 277 Å². The Labute approximate surface area is 408 Å². The van der Waals surface area contributed by atoms with Crippen LogP contribution >= 0.6 is 0 Å². The molecule has 0 radical (unpaired) electrons. The van der Waals surface area contributed by atoms with Crippen LogP contribution in [0, 0.1) is 0 Å². The predicted octanol–water partition coefficient (Wildman–Crippen LogP) is 18.2. The predicted molar refractivity (Wildman–Crippen MR) is 292 cm³/mol. The number of nitrogens with zero attached hydrogens (tertiary/aromatic N) is 1. The SMILES string of the molecule is c1ccc(-c2ccc(N(c3ccccc3)c3ccc4c(c3)C3(c5ccccc5-4)c4ccccc4-c4c3ccc3c4oc4ccccc43)cc2)cc1.c1ccc(Nc2ccc(-c3ccccc3)cc2)cc1. The van der Waals surface area contributed by atoms with E-state index in [0.29, 0.717) is 0 Å². The lowest BCUT2D eigenvalue weighted by Crippen LogP contribution is -2.26. The van der Waals surface area contributed by atoms with E-state index in [9.17, 15) is 0 Å². The molecule has 1 heterocycles. The van der Waals surface area contributed by atoms with Crippen LogP contribution in [-0.2, 0) is 5.41 Å². The molecule has 2 aliphatic carbocycles. The van der Waals surface area contributed by atoms with Crippen LogP contribution in [0.1, 0.15) is 22.3 Å². The highest BCUT2D eigenvalue weighted by Crippen LogP contribution is 2.64. The maximum Gasteiger partial charge on any atom is 0.143 e. The molecule has 3 heteroatoms. The molecule has 1 spiro atoms. The number of rotatable bonds is 7. The van der Waals surface area contributed by atoms with E-state index < -0.39 is 5.41 Å². The van der Waals surface area contributed by atoms with Crippen molar-refractivity contribution in [3.63, 3.8) is 0 Å². The van der Waals surface area contributed by atoms with Gasteiger partial charge in [0, 0.05) is 44.8 Å². The van der Waals surface area contributed by atoms with Crippen LogP contribution in [0.5, 0.6) is 0 Å². The number of furan rings is 1. The lowest BCUT2D eigenvalue weighted by molar-refractivity contribution is 0.669. The second-order valence-corrected chi connectivity index (χ2v) is 18.1. The van der Waals surface area contributed by atoms with Crippen LogP contribution in [0.4, 0.5) is 28.4 Å². The number of nitrogens with one attached hydrogen (secondary N) is 1. The summed E-state index contributed by atoms with van der Waals surface area (Å²) in [6.07, 6.45) is 0. The third-order valence-corrected chi connectivity index (χ3v) is 14.1. The summed E-state index contributed by atoms with van der Waals surface area (Å²) in [4.78, 5) is 2.38. The summed E-state index contributed by atoms with van der Waals surface area (Å²) < 4.78 is 6.74. The van der Waals surface area contributed by atoms with Gasteiger partial charge in [-0.25, -0.2) is 0 Å². The van der Waals surface area contributed by atoms with Crippen molar-refractivity contribution in [2.24, 2.45) is 0 Å². The molecule has 14 rings (SSSR count). The number of hydrogen-bond donors (Lipinski definition) is 1. The lowest BCUT2D eigenvalue weighted by atomic mass is 9.70. The summed E-state index contributed by atoms with van der Waals surface area (Å²) >= 11 is 0. The highest BCUT2D eigenvalue weighted by Gasteiger charge is 2.52. The zero-order chi connectivity index (χ0) is 46.4. The number of benzene rings is 11. The molecule has 3 nitrogen and oxygen atoms in total. The maximum absolute atomic E-state index is 6.74. The number of para-hydroxylation sites is 3.